The van der Waals surface area contributed by atoms with Crippen molar-refractivity contribution in [1.29, 1.82) is 0 Å². The van der Waals surface area contributed by atoms with Crippen LogP contribution >= 0.6 is 0 Å². The molecule has 2 aromatic heterocycles. The summed E-state index contributed by atoms with van der Waals surface area (Å²) in [7, 11) is -3.40. The van der Waals surface area contributed by atoms with Gasteiger partial charge in [-0.25, -0.2) is 12.9 Å². The molecular weight excluding hydrogens is 665 g/mol. The molecule has 0 aliphatic heterocycles. The normalized spacial score (nSPS) is 13.6. The minimum atomic E-state index is -3.40. The molecule has 51 heavy (non-hydrogen) atoms. The van der Waals surface area contributed by atoms with E-state index >= 15 is 0 Å². The monoisotopic (exact) mass is 728 g/mol. The molecule has 0 aliphatic rings. The number of sulfone groups is 1. The van der Waals surface area contributed by atoms with Crippen molar-refractivity contribution in [2.45, 2.75) is 149 Å². The molecule has 3 aromatic rings. The molecule has 0 aliphatic carbocycles. The van der Waals surface area contributed by atoms with E-state index in [1.807, 2.05) is 37.3 Å². The first-order valence-electron chi connectivity index (χ1n) is 18.9. The topological polar surface area (TPSA) is 148 Å². The Morgan fingerprint density at radius 2 is 1.49 bits per heavy atom. The van der Waals surface area contributed by atoms with Crippen LogP contribution in [0.3, 0.4) is 0 Å². The first-order chi connectivity index (χ1) is 24.0. The van der Waals surface area contributed by atoms with Crippen molar-refractivity contribution in [3.05, 3.63) is 47.4 Å². The summed E-state index contributed by atoms with van der Waals surface area (Å²) < 4.78 is 31.8. The van der Waals surface area contributed by atoms with Gasteiger partial charge in [-0.05, 0) is 54.7 Å². The van der Waals surface area contributed by atoms with E-state index < -0.39 is 33.7 Å². The SMILES string of the molecule is CCCCCCCCCCCCC(NC(=O)C(CCS(C)(=O)=O)NC(=O)COc1ccc(C(C)(C)CC(C)(C)C)cc1)c1nnc2cc(C)[nH]n12. The molecule has 0 bridgehead atoms. The number of nitrogens with one attached hydrogen (secondary N) is 3. The Kier molecular flexibility index (Phi) is 16.0. The number of hydrogen-bond acceptors (Lipinski definition) is 7. The minimum absolute atomic E-state index is 0.0301. The van der Waals surface area contributed by atoms with Crippen molar-refractivity contribution < 1.29 is 22.7 Å². The molecule has 2 amide bonds. The molecule has 0 saturated carbocycles. The lowest BCUT2D eigenvalue weighted by atomic mass is 9.72. The summed E-state index contributed by atoms with van der Waals surface area (Å²) in [5.41, 5.74) is 2.88. The Labute approximate surface area is 306 Å². The number of aryl methyl sites for hydroxylation is 1. The molecule has 3 N–H and O–H groups in total. The number of unbranched alkanes of at least 4 members (excludes halogenated alkanes) is 9. The van der Waals surface area contributed by atoms with E-state index in [2.05, 4.69) is 67.5 Å². The third-order valence-corrected chi connectivity index (χ3v) is 10.2. The van der Waals surface area contributed by atoms with Crippen molar-refractivity contribution in [3.63, 3.8) is 0 Å². The van der Waals surface area contributed by atoms with Crippen LogP contribution in [0.4, 0.5) is 0 Å². The summed E-state index contributed by atoms with van der Waals surface area (Å²) in [6.45, 7) is 15.0. The fourth-order valence-corrected chi connectivity index (χ4v) is 7.60. The van der Waals surface area contributed by atoms with Crippen LogP contribution in [0.25, 0.3) is 5.65 Å². The first-order valence-corrected chi connectivity index (χ1v) is 20.9. The predicted molar refractivity (Wildman–Crippen MR) is 205 cm³/mol. The van der Waals surface area contributed by atoms with Gasteiger partial charge in [-0.15, -0.1) is 10.2 Å². The second kappa shape index (κ2) is 19.4. The molecule has 0 radical (unpaired) electrons. The minimum Gasteiger partial charge on any atom is -0.484 e. The van der Waals surface area contributed by atoms with Crippen LogP contribution < -0.4 is 15.4 Å². The van der Waals surface area contributed by atoms with Gasteiger partial charge in [-0.2, -0.15) is 0 Å². The maximum Gasteiger partial charge on any atom is 0.258 e. The second-order valence-corrected chi connectivity index (χ2v) is 18.5. The van der Waals surface area contributed by atoms with E-state index in [0.717, 1.165) is 37.6 Å². The zero-order chi connectivity index (χ0) is 37.7. The molecule has 286 valence electrons. The number of aromatic amines is 1. The second-order valence-electron chi connectivity index (χ2n) is 16.2. The number of benzene rings is 1. The van der Waals surface area contributed by atoms with E-state index in [-0.39, 0.29) is 29.6 Å². The molecule has 12 heteroatoms. The molecule has 0 saturated heterocycles. The fourth-order valence-electron chi connectivity index (χ4n) is 6.93. The molecule has 1 aromatic carbocycles. The van der Waals surface area contributed by atoms with Crippen molar-refractivity contribution in [2.24, 2.45) is 5.41 Å². The summed E-state index contributed by atoms with van der Waals surface area (Å²) in [6, 6.07) is 8.04. The molecule has 2 heterocycles. The summed E-state index contributed by atoms with van der Waals surface area (Å²) >= 11 is 0. The van der Waals surface area contributed by atoms with Crippen molar-refractivity contribution in [2.75, 3.05) is 18.6 Å². The van der Waals surface area contributed by atoms with Gasteiger partial charge in [0.15, 0.2) is 18.1 Å². The lowest BCUT2D eigenvalue weighted by Gasteiger charge is -2.33. The third kappa shape index (κ3) is 15.0. The molecular formula is C39H64N6O5S. The van der Waals surface area contributed by atoms with Crippen LogP contribution in [-0.4, -0.2) is 64.7 Å². The van der Waals surface area contributed by atoms with Crippen molar-refractivity contribution in [3.8, 4) is 5.75 Å². The largest absolute Gasteiger partial charge is 0.484 e. The van der Waals surface area contributed by atoms with Crippen LogP contribution in [0.2, 0.25) is 0 Å². The number of carbonyl (C=O) groups is 2. The van der Waals surface area contributed by atoms with E-state index in [1.54, 1.807) is 4.52 Å². The molecule has 11 nitrogen and oxygen atoms in total. The Morgan fingerprint density at radius 3 is 2.08 bits per heavy atom. The van der Waals surface area contributed by atoms with Gasteiger partial charge in [0, 0.05) is 18.0 Å². The number of amides is 2. The highest BCUT2D eigenvalue weighted by molar-refractivity contribution is 7.90. The maximum absolute atomic E-state index is 13.8. The number of hydrogen-bond donors (Lipinski definition) is 3. The number of carbonyl (C=O) groups excluding carboxylic acids is 2. The summed E-state index contributed by atoms with van der Waals surface area (Å²) in [4.78, 5) is 26.9. The number of H-pyrrole nitrogens is 1. The van der Waals surface area contributed by atoms with Gasteiger partial charge in [-0.3, -0.25) is 14.7 Å². The number of fused-ring (bicyclic) bond motifs is 1. The van der Waals surface area contributed by atoms with Crippen LogP contribution in [0.1, 0.15) is 148 Å². The zero-order valence-corrected chi connectivity index (χ0v) is 33.3. The highest BCUT2D eigenvalue weighted by atomic mass is 32.2. The average Bonchev–Trinajstić information content (AvgIpc) is 3.60. The lowest BCUT2D eigenvalue weighted by molar-refractivity contribution is -0.130. The van der Waals surface area contributed by atoms with Crippen molar-refractivity contribution in [1.82, 2.24) is 30.4 Å². The highest BCUT2D eigenvalue weighted by Gasteiger charge is 2.29. The van der Waals surface area contributed by atoms with Gasteiger partial charge >= 0.3 is 0 Å². The number of rotatable bonds is 23. The standard InChI is InChI=1S/C39H64N6O5S/c1-9-10-11-12-13-14-15-16-17-18-19-32(36-43-42-34-26-29(2)44-45(34)36)41-37(47)33(24-25-51(8,48)49)40-35(46)27-50-31-22-20-30(21-23-31)39(6,7)28-38(3,4)5/h20-23,26,32-33,44H,9-19,24-25,27-28H2,1-8H3,(H,40,46)(H,41,47). The van der Waals surface area contributed by atoms with Gasteiger partial charge in [0.1, 0.15) is 21.6 Å². The summed E-state index contributed by atoms with van der Waals surface area (Å²) in [5, 5.41) is 17.7. The van der Waals surface area contributed by atoms with E-state index in [0.29, 0.717) is 23.6 Å². The molecule has 3 rings (SSSR count). The Bertz CT molecular complexity index is 1620. The summed E-state index contributed by atoms with van der Waals surface area (Å²) in [5.74, 6) is -0.155. The van der Waals surface area contributed by atoms with Crippen molar-refractivity contribution >= 4 is 27.3 Å². The maximum atomic E-state index is 13.8. The van der Waals surface area contributed by atoms with Crippen LogP contribution in [0.15, 0.2) is 30.3 Å². The molecule has 2 atom stereocenters. The van der Waals surface area contributed by atoms with Crippen LogP contribution in [0.5, 0.6) is 5.75 Å². The predicted octanol–water partition coefficient (Wildman–Crippen LogP) is 7.55. The molecule has 2 unspecified atom stereocenters. The Morgan fingerprint density at radius 1 is 0.882 bits per heavy atom. The Balaban J connectivity index is 1.65. The lowest BCUT2D eigenvalue weighted by Crippen LogP contribution is -2.49. The zero-order valence-electron chi connectivity index (χ0n) is 32.4. The van der Waals surface area contributed by atoms with Gasteiger partial charge < -0.3 is 15.4 Å². The van der Waals surface area contributed by atoms with E-state index in [4.69, 9.17) is 4.74 Å². The van der Waals surface area contributed by atoms with Crippen LogP contribution in [0, 0.1) is 12.3 Å². The Hall–Kier alpha value is -3.41. The first kappa shape index (κ1) is 42.0. The highest BCUT2D eigenvalue weighted by Crippen LogP contribution is 2.36. The summed E-state index contributed by atoms with van der Waals surface area (Å²) in [6.07, 6.45) is 14.6. The van der Waals surface area contributed by atoms with Gasteiger partial charge in [0.2, 0.25) is 5.91 Å². The average molecular weight is 729 g/mol. The number of nitrogens with zero attached hydrogens (tertiary/aromatic N) is 3. The van der Waals surface area contributed by atoms with Crippen LogP contribution in [-0.2, 0) is 24.8 Å². The van der Waals surface area contributed by atoms with E-state index in [1.165, 1.54) is 50.5 Å². The van der Waals surface area contributed by atoms with Gasteiger partial charge in [0.25, 0.3) is 5.91 Å². The number of ether oxygens (including phenoxy) is 1. The van der Waals surface area contributed by atoms with E-state index in [9.17, 15) is 18.0 Å². The smallest absolute Gasteiger partial charge is 0.258 e. The fraction of sp³-hybridized carbons (Fsp3) is 0.692. The van der Waals surface area contributed by atoms with Gasteiger partial charge in [0.05, 0.1) is 11.8 Å². The molecule has 0 spiro atoms. The molecule has 0 fully saturated rings. The third-order valence-electron chi connectivity index (χ3n) is 9.23. The quantitative estimate of drug-likeness (QED) is 0.0855. The number of aromatic nitrogens is 4. The van der Waals surface area contributed by atoms with Gasteiger partial charge in [-0.1, -0.05) is 118 Å².